The van der Waals surface area contributed by atoms with Gasteiger partial charge in [-0.1, -0.05) is 0 Å². The van der Waals surface area contributed by atoms with E-state index in [0.717, 1.165) is 19.3 Å². The average Bonchev–Trinajstić information content (AvgIpc) is 3.49. The van der Waals surface area contributed by atoms with Gasteiger partial charge in [0.25, 0.3) is 0 Å². The quantitative estimate of drug-likeness (QED) is 0.460. The number of hydrogen-bond donors (Lipinski definition) is 3. The van der Waals surface area contributed by atoms with Gasteiger partial charge in [-0.05, 0) is 31.2 Å². The fourth-order valence-electron chi connectivity index (χ4n) is 5.03. The first kappa shape index (κ1) is 21.8. The molecule has 182 valence electrons. The molecule has 2 bridgehead atoms. The lowest BCUT2D eigenvalue weighted by molar-refractivity contribution is -0.0528. The van der Waals surface area contributed by atoms with E-state index in [4.69, 9.17) is 14.2 Å². The molecule has 35 heavy (non-hydrogen) atoms. The maximum atomic E-state index is 15.1. The molecule has 12 nitrogen and oxygen atoms in total. The smallest absolute Gasteiger partial charge is 0.408 e. The van der Waals surface area contributed by atoms with Crippen LogP contribution in [-0.2, 0) is 20.8 Å². The summed E-state index contributed by atoms with van der Waals surface area (Å²) in [5, 5.41) is 26.5. The zero-order valence-electron chi connectivity index (χ0n) is 18.8. The van der Waals surface area contributed by atoms with Crippen molar-refractivity contribution in [3.05, 3.63) is 35.4 Å². The van der Waals surface area contributed by atoms with Crippen molar-refractivity contribution in [3.8, 4) is 6.07 Å². The Kier molecular flexibility index (Phi) is 5.08. The number of carbonyl (C=O) groups excluding carboxylic acids is 1. The molecular formula is C22H23FN8O4. The second-order valence-electron chi connectivity index (χ2n) is 9.34. The van der Waals surface area contributed by atoms with E-state index in [9.17, 15) is 10.1 Å². The number of H-pyrrole nitrogens is 1. The third kappa shape index (κ3) is 3.84. The topological polar surface area (TPSA) is 151 Å². The van der Waals surface area contributed by atoms with Gasteiger partial charge >= 0.3 is 6.09 Å². The van der Waals surface area contributed by atoms with Crippen LogP contribution in [0.4, 0.5) is 20.8 Å². The third-order valence-corrected chi connectivity index (χ3v) is 6.81. The number of hydrogen-bond acceptors (Lipinski definition) is 9. The number of ether oxygens (including phenoxy) is 3. The van der Waals surface area contributed by atoms with E-state index in [1.165, 1.54) is 10.7 Å². The van der Waals surface area contributed by atoms with E-state index in [2.05, 4.69) is 30.9 Å². The molecule has 0 spiro atoms. The molecule has 3 atom stereocenters. The number of amides is 1. The van der Waals surface area contributed by atoms with Crippen LogP contribution in [0.1, 0.15) is 42.4 Å². The zero-order chi connectivity index (χ0) is 24.2. The maximum absolute atomic E-state index is 15.1. The number of carbonyl (C=O) groups is 1. The number of nitrogens with zero attached hydrogens (tertiary/aromatic N) is 5. The predicted octanol–water partition coefficient (Wildman–Crippen LogP) is 2.27. The molecule has 3 saturated carbocycles. The van der Waals surface area contributed by atoms with E-state index in [1.54, 1.807) is 19.2 Å². The van der Waals surface area contributed by atoms with E-state index < -0.39 is 24.5 Å². The maximum Gasteiger partial charge on any atom is 0.408 e. The monoisotopic (exact) mass is 482 g/mol. The lowest BCUT2D eigenvalue weighted by Crippen LogP contribution is -2.68. The van der Waals surface area contributed by atoms with Gasteiger partial charge in [0.2, 0.25) is 0 Å². The van der Waals surface area contributed by atoms with Gasteiger partial charge in [0.15, 0.2) is 29.6 Å². The van der Waals surface area contributed by atoms with Gasteiger partial charge in [-0.25, -0.2) is 18.7 Å². The number of methoxy groups -OCH3 is 1. The third-order valence-electron chi connectivity index (χ3n) is 6.81. The Morgan fingerprint density at radius 3 is 2.97 bits per heavy atom. The Hall–Kier alpha value is -3.76. The number of nitriles is 1. The Labute approximate surface area is 198 Å². The van der Waals surface area contributed by atoms with Crippen LogP contribution < -0.4 is 10.6 Å². The lowest BCUT2D eigenvalue weighted by atomic mass is 9.50. The average molecular weight is 482 g/mol. The van der Waals surface area contributed by atoms with E-state index in [0.29, 0.717) is 41.1 Å². The first-order chi connectivity index (χ1) is 16.9. The molecular weight excluding hydrogens is 459 g/mol. The van der Waals surface area contributed by atoms with Gasteiger partial charge in [0, 0.05) is 18.7 Å². The summed E-state index contributed by atoms with van der Waals surface area (Å²) < 4.78 is 32.6. The van der Waals surface area contributed by atoms with Crippen molar-refractivity contribution in [2.24, 2.45) is 5.92 Å². The Bertz CT molecular complexity index is 1320. The number of alkyl halides is 1. The molecule has 3 aromatic heterocycles. The van der Waals surface area contributed by atoms with Gasteiger partial charge < -0.3 is 24.8 Å². The number of halogens is 1. The summed E-state index contributed by atoms with van der Waals surface area (Å²) >= 11 is 0. The zero-order valence-corrected chi connectivity index (χ0v) is 18.8. The summed E-state index contributed by atoms with van der Waals surface area (Å²) in [7, 11) is 1.56. The largest absolute Gasteiger partial charge is 0.441 e. The van der Waals surface area contributed by atoms with Crippen LogP contribution in [0.2, 0.25) is 0 Å². The molecule has 3 N–H and O–H groups in total. The Balaban J connectivity index is 1.14. The minimum atomic E-state index is -1.56. The number of nitrogens with one attached hydrogen (secondary N) is 3. The number of rotatable bonds is 7. The highest BCUT2D eigenvalue weighted by Crippen LogP contribution is 2.57. The Morgan fingerprint density at radius 2 is 2.26 bits per heavy atom. The minimum Gasteiger partial charge on any atom is -0.441 e. The van der Waals surface area contributed by atoms with Crippen LogP contribution in [0.25, 0.3) is 5.52 Å². The summed E-state index contributed by atoms with van der Waals surface area (Å²) in [5.41, 5.74) is 1.68. The highest BCUT2D eigenvalue weighted by molar-refractivity contribution is 5.73. The van der Waals surface area contributed by atoms with Crippen molar-refractivity contribution in [1.29, 1.82) is 5.26 Å². The van der Waals surface area contributed by atoms with Crippen molar-refractivity contribution in [3.63, 3.8) is 0 Å². The van der Waals surface area contributed by atoms with E-state index in [-0.39, 0.29) is 17.8 Å². The highest BCUT2D eigenvalue weighted by atomic mass is 19.1. The second-order valence-corrected chi connectivity index (χ2v) is 9.34. The molecule has 0 radical (unpaired) electrons. The number of alkyl carbamates (subject to hydrolysis) is 1. The molecule has 4 aliphatic rings. The van der Waals surface area contributed by atoms with E-state index in [1.807, 2.05) is 6.07 Å². The van der Waals surface area contributed by atoms with Gasteiger partial charge in [0.1, 0.15) is 17.7 Å². The first-order valence-corrected chi connectivity index (χ1v) is 11.3. The molecule has 3 aromatic rings. The standard InChI is InChI=1S/C22H23FN8O4/c1-33-9-12-2-15-20(25-13(7-24)8-31(15)30-12)26-17-3-14(28-29-17)19-18(23)16(10-34-19)35-21(32)27-22-4-11(5-22)6-22/h2-3,8,11,16,18-19H,4-6,9-10H2,1H3,(H,27,32)(H2,25,26,28,29)/t11?,16-,18+,19-,22?/m1/s1. The Morgan fingerprint density at radius 1 is 1.43 bits per heavy atom. The highest BCUT2D eigenvalue weighted by Gasteiger charge is 2.58. The normalized spacial score (nSPS) is 28.7. The summed E-state index contributed by atoms with van der Waals surface area (Å²) in [6, 6.07) is 5.37. The summed E-state index contributed by atoms with van der Waals surface area (Å²) in [6.45, 7) is 0.246. The fourth-order valence-corrected chi connectivity index (χ4v) is 5.03. The van der Waals surface area contributed by atoms with Gasteiger partial charge in [-0.2, -0.15) is 15.5 Å². The van der Waals surface area contributed by atoms with Gasteiger partial charge in [0.05, 0.1) is 30.8 Å². The number of anilines is 2. The lowest BCUT2D eigenvalue weighted by Gasteiger charge is -2.61. The molecule has 1 amide bonds. The summed E-state index contributed by atoms with van der Waals surface area (Å²) in [5.74, 6) is 1.41. The van der Waals surface area contributed by atoms with Crippen LogP contribution in [0.5, 0.6) is 0 Å². The molecule has 0 unspecified atom stereocenters. The molecule has 13 heteroatoms. The molecule has 1 saturated heterocycles. The van der Waals surface area contributed by atoms with Crippen molar-refractivity contribution < 1.29 is 23.4 Å². The van der Waals surface area contributed by atoms with Gasteiger partial charge in [-0.15, -0.1) is 0 Å². The van der Waals surface area contributed by atoms with Crippen molar-refractivity contribution in [1.82, 2.24) is 30.1 Å². The molecule has 4 heterocycles. The minimum absolute atomic E-state index is 0.0544. The molecule has 0 aromatic carbocycles. The van der Waals surface area contributed by atoms with Gasteiger partial charge in [-0.3, -0.25) is 5.10 Å². The molecule has 7 rings (SSSR count). The van der Waals surface area contributed by atoms with Crippen molar-refractivity contribution in [2.45, 2.75) is 49.8 Å². The van der Waals surface area contributed by atoms with Crippen LogP contribution in [0, 0.1) is 17.2 Å². The van der Waals surface area contributed by atoms with Crippen LogP contribution in [0.3, 0.4) is 0 Å². The van der Waals surface area contributed by atoms with Crippen LogP contribution in [0.15, 0.2) is 18.3 Å². The predicted molar refractivity (Wildman–Crippen MR) is 117 cm³/mol. The summed E-state index contributed by atoms with van der Waals surface area (Å²) in [4.78, 5) is 16.5. The number of aromatic amines is 1. The molecule has 1 aliphatic heterocycles. The van der Waals surface area contributed by atoms with Crippen LogP contribution in [-0.4, -0.2) is 62.4 Å². The second kappa shape index (κ2) is 8.17. The van der Waals surface area contributed by atoms with Crippen LogP contribution >= 0.6 is 0 Å². The van der Waals surface area contributed by atoms with E-state index >= 15 is 4.39 Å². The van der Waals surface area contributed by atoms with Crippen molar-refractivity contribution in [2.75, 3.05) is 19.0 Å². The fraction of sp³-hybridized carbons (Fsp3) is 0.500. The summed E-state index contributed by atoms with van der Waals surface area (Å²) in [6.07, 6.45) is 0.299. The number of fused-ring (bicyclic) bond motifs is 1. The first-order valence-electron chi connectivity index (χ1n) is 11.3. The van der Waals surface area contributed by atoms with Crippen molar-refractivity contribution >= 4 is 23.2 Å². The SMILES string of the molecule is COCc1cc2c(Nc3cc([C@H]4OC[C@@H](OC(=O)NC56CC(C5)C6)[C@@H]4F)[nH]n3)nc(C#N)cn2n1. The number of aromatic nitrogens is 5. The molecule has 3 aliphatic carbocycles. The molecule has 4 fully saturated rings.